The molecule has 0 aromatic carbocycles. The molecular weight excluding hydrogens is 356 g/mol. The molecule has 0 spiro atoms. The van der Waals surface area contributed by atoms with Gasteiger partial charge in [0.2, 0.25) is 5.91 Å². The van der Waals surface area contributed by atoms with Crippen molar-refractivity contribution in [3.63, 3.8) is 0 Å². The van der Waals surface area contributed by atoms with E-state index in [-0.39, 0.29) is 18.0 Å². The van der Waals surface area contributed by atoms with Gasteiger partial charge in [-0.3, -0.25) is 9.59 Å². The predicted molar refractivity (Wildman–Crippen MR) is 99.0 cm³/mol. The van der Waals surface area contributed by atoms with E-state index in [0.29, 0.717) is 22.7 Å². The maximum absolute atomic E-state index is 12.8. The minimum absolute atomic E-state index is 0.103. The highest BCUT2D eigenvalue weighted by molar-refractivity contribution is 7.18. The van der Waals surface area contributed by atoms with Crippen LogP contribution in [0.1, 0.15) is 28.7 Å². The SMILES string of the molecule is C[C@@H]1CCc2c(sc3nnn(CC(=O)NCc4cccs4)c(=O)c23)C1. The second-order valence-electron chi connectivity index (χ2n) is 6.44. The largest absolute Gasteiger partial charge is 0.350 e. The van der Waals surface area contributed by atoms with E-state index >= 15 is 0 Å². The number of nitrogens with one attached hydrogen (secondary N) is 1. The van der Waals surface area contributed by atoms with Crippen molar-refractivity contribution in [2.24, 2.45) is 5.92 Å². The Morgan fingerprint density at radius 2 is 2.36 bits per heavy atom. The van der Waals surface area contributed by atoms with E-state index in [1.807, 2.05) is 17.5 Å². The van der Waals surface area contributed by atoms with Crippen molar-refractivity contribution >= 4 is 38.8 Å². The molecule has 130 valence electrons. The summed E-state index contributed by atoms with van der Waals surface area (Å²) in [5.74, 6) is 0.403. The number of fused-ring (bicyclic) bond motifs is 3. The molecule has 0 bridgehead atoms. The topological polar surface area (TPSA) is 76.9 Å². The Morgan fingerprint density at radius 1 is 1.48 bits per heavy atom. The van der Waals surface area contributed by atoms with Gasteiger partial charge in [0.05, 0.1) is 11.9 Å². The molecule has 8 heteroatoms. The highest BCUT2D eigenvalue weighted by Gasteiger charge is 2.24. The first-order valence-corrected chi connectivity index (χ1v) is 9.98. The van der Waals surface area contributed by atoms with Gasteiger partial charge in [-0.15, -0.1) is 27.8 Å². The summed E-state index contributed by atoms with van der Waals surface area (Å²) in [5.41, 5.74) is 0.911. The van der Waals surface area contributed by atoms with Crippen molar-refractivity contribution in [2.75, 3.05) is 0 Å². The third kappa shape index (κ3) is 3.23. The number of hydrogen-bond donors (Lipinski definition) is 1. The van der Waals surface area contributed by atoms with E-state index in [1.165, 1.54) is 9.56 Å². The first kappa shape index (κ1) is 16.4. The van der Waals surface area contributed by atoms with Crippen LogP contribution in [0.25, 0.3) is 10.2 Å². The Kier molecular flexibility index (Phi) is 4.39. The summed E-state index contributed by atoms with van der Waals surface area (Å²) < 4.78 is 1.18. The van der Waals surface area contributed by atoms with E-state index in [0.717, 1.165) is 29.7 Å². The third-order valence-corrected chi connectivity index (χ3v) is 6.53. The summed E-state index contributed by atoms with van der Waals surface area (Å²) in [6, 6.07) is 3.90. The number of carbonyl (C=O) groups is 1. The fourth-order valence-corrected chi connectivity index (χ4v) is 5.15. The number of hydrogen-bond acceptors (Lipinski definition) is 6. The molecule has 1 amide bonds. The van der Waals surface area contributed by atoms with Gasteiger partial charge in [0.15, 0.2) is 4.83 Å². The second kappa shape index (κ2) is 6.68. The van der Waals surface area contributed by atoms with Gasteiger partial charge in [-0.25, -0.2) is 4.68 Å². The number of thiophene rings is 2. The fourth-order valence-electron chi connectivity index (χ4n) is 3.19. The molecule has 0 saturated carbocycles. The van der Waals surface area contributed by atoms with Crippen LogP contribution in [0.2, 0.25) is 0 Å². The Balaban J connectivity index is 1.57. The van der Waals surface area contributed by atoms with E-state index in [9.17, 15) is 9.59 Å². The quantitative estimate of drug-likeness (QED) is 0.760. The van der Waals surface area contributed by atoms with Crippen LogP contribution in [0, 0.1) is 5.92 Å². The highest BCUT2D eigenvalue weighted by Crippen LogP contribution is 2.35. The number of rotatable bonds is 4. The minimum Gasteiger partial charge on any atom is -0.350 e. The Morgan fingerprint density at radius 3 is 3.16 bits per heavy atom. The molecule has 0 aliphatic heterocycles. The smallest absolute Gasteiger partial charge is 0.279 e. The highest BCUT2D eigenvalue weighted by atomic mass is 32.1. The van der Waals surface area contributed by atoms with Crippen LogP contribution >= 0.6 is 22.7 Å². The number of aryl methyl sites for hydroxylation is 1. The van der Waals surface area contributed by atoms with E-state index < -0.39 is 0 Å². The predicted octanol–water partition coefficient (Wildman–Crippen LogP) is 2.36. The normalized spacial score (nSPS) is 16.8. The van der Waals surface area contributed by atoms with Crippen LogP contribution in [0.4, 0.5) is 0 Å². The number of nitrogens with zero attached hydrogens (tertiary/aromatic N) is 3. The molecule has 1 aliphatic rings. The van der Waals surface area contributed by atoms with Crippen molar-refractivity contribution in [1.29, 1.82) is 0 Å². The van der Waals surface area contributed by atoms with Crippen LogP contribution in [0.3, 0.4) is 0 Å². The molecule has 6 nitrogen and oxygen atoms in total. The molecule has 3 aromatic rings. The lowest BCUT2D eigenvalue weighted by Crippen LogP contribution is -2.34. The average molecular weight is 374 g/mol. The molecule has 3 aromatic heterocycles. The maximum Gasteiger partial charge on any atom is 0.279 e. The number of amides is 1. The van der Waals surface area contributed by atoms with Gasteiger partial charge in [0.1, 0.15) is 6.54 Å². The molecule has 0 unspecified atom stereocenters. The van der Waals surface area contributed by atoms with E-state index in [4.69, 9.17) is 0 Å². The van der Waals surface area contributed by atoms with Crippen LogP contribution < -0.4 is 10.9 Å². The molecule has 0 fully saturated rings. The summed E-state index contributed by atoms with van der Waals surface area (Å²) in [6.07, 6.45) is 2.99. The molecule has 0 saturated heterocycles. The Bertz CT molecular complexity index is 975. The zero-order valence-corrected chi connectivity index (χ0v) is 15.5. The van der Waals surface area contributed by atoms with Crippen LogP contribution in [-0.4, -0.2) is 20.9 Å². The van der Waals surface area contributed by atoms with Crippen molar-refractivity contribution < 1.29 is 4.79 Å². The summed E-state index contributed by atoms with van der Waals surface area (Å²) >= 11 is 3.15. The molecule has 4 rings (SSSR count). The lowest BCUT2D eigenvalue weighted by molar-refractivity contribution is -0.122. The molecular formula is C17H18N4O2S2. The molecule has 1 aliphatic carbocycles. The number of carbonyl (C=O) groups excluding carboxylic acids is 1. The van der Waals surface area contributed by atoms with Crippen molar-refractivity contribution in [3.05, 3.63) is 43.2 Å². The van der Waals surface area contributed by atoms with Gasteiger partial charge in [0.25, 0.3) is 5.56 Å². The summed E-state index contributed by atoms with van der Waals surface area (Å²) in [5, 5.41) is 13.6. The second-order valence-corrected chi connectivity index (χ2v) is 8.56. The number of aromatic nitrogens is 3. The zero-order valence-electron chi connectivity index (χ0n) is 13.8. The fraction of sp³-hybridized carbons (Fsp3) is 0.412. The molecule has 1 N–H and O–H groups in total. The average Bonchev–Trinajstić information content (AvgIpc) is 3.22. The van der Waals surface area contributed by atoms with E-state index in [2.05, 4.69) is 22.6 Å². The van der Waals surface area contributed by atoms with Gasteiger partial charge in [-0.05, 0) is 42.2 Å². The van der Waals surface area contributed by atoms with Crippen LogP contribution in [0.15, 0.2) is 22.3 Å². The molecule has 25 heavy (non-hydrogen) atoms. The zero-order chi connectivity index (χ0) is 17.4. The van der Waals surface area contributed by atoms with Gasteiger partial charge >= 0.3 is 0 Å². The standard InChI is InChI=1S/C17H18N4O2S2/c1-10-4-5-12-13(7-10)25-16-15(12)17(23)21(20-19-16)9-14(22)18-8-11-3-2-6-24-11/h2-3,6,10H,4-5,7-9H2,1H3,(H,18,22)/t10-/m1/s1. The minimum atomic E-state index is -0.234. The van der Waals surface area contributed by atoms with Crippen molar-refractivity contribution in [3.8, 4) is 0 Å². The maximum atomic E-state index is 12.8. The van der Waals surface area contributed by atoms with Gasteiger partial charge in [-0.1, -0.05) is 18.2 Å². The molecule has 3 heterocycles. The van der Waals surface area contributed by atoms with Crippen LogP contribution in [0.5, 0.6) is 0 Å². The van der Waals surface area contributed by atoms with Crippen molar-refractivity contribution in [2.45, 2.75) is 39.3 Å². The lowest BCUT2D eigenvalue weighted by Gasteiger charge is -2.17. The first-order chi connectivity index (χ1) is 12.1. The molecule has 0 radical (unpaired) electrons. The monoisotopic (exact) mass is 374 g/mol. The summed E-state index contributed by atoms with van der Waals surface area (Å²) in [4.78, 5) is 28.0. The van der Waals surface area contributed by atoms with E-state index in [1.54, 1.807) is 22.7 Å². The summed E-state index contributed by atoms with van der Waals surface area (Å²) in [7, 11) is 0. The van der Waals surface area contributed by atoms with Gasteiger partial charge in [-0.2, -0.15) is 0 Å². The molecule has 1 atom stereocenters. The van der Waals surface area contributed by atoms with Crippen molar-refractivity contribution in [1.82, 2.24) is 20.3 Å². The van der Waals surface area contributed by atoms with Gasteiger partial charge < -0.3 is 5.32 Å². The Labute approximate surface area is 152 Å². The Hall–Kier alpha value is -2.06. The van der Waals surface area contributed by atoms with Crippen LogP contribution in [-0.2, 0) is 30.7 Å². The third-order valence-electron chi connectivity index (χ3n) is 4.52. The van der Waals surface area contributed by atoms with Gasteiger partial charge in [0, 0.05) is 9.75 Å². The first-order valence-electron chi connectivity index (χ1n) is 8.29. The lowest BCUT2D eigenvalue weighted by atomic mass is 9.89. The summed E-state index contributed by atoms with van der Waals surface area (Å²) in [6.45, 7) is 2.59.